The Kier molecular flexibility index (Phi) is 4.11. The van der Waals surface area contributed by atoms with E-state index in [-0.39, 0.29) is 5.91 Å². The summed E-state index contributed by atoms with van der Waals surface area (Å²) >= 11 is 0. The Morgan fingerprint density at radius 3 is 2.67 bits per heavy atom. The Morgan fingerprint density at radius 1 is 1.20 bits per heavy atom. The Morgan fingerprint density at radius 2 is 2.00 bits per heavy atom. The minimum atomic E-state index is -0.629. The second-order valence-corrected chi connectivity index (χ2v) is 8.10. The minimum Gasteiger partial charge on any atom is -0.387 e. The van der Waals surface area contributed by atoms with E-state index in [1.54, 1.807) is 18.6 Å². The van der Waals surface area contributed by atoms with E-state index in [0.717, 1.165) is 51.8 Å². The SMILES string of the molecule is CCC(O)c1cc(C)c(-c2cc3cnc(C4(C(N)=O)CC4)cc3n3ccnc23)cn1. The molecule has 4 aromatic heterocycles. The van der Waals surface area contributed by atoms with Crippen LogP contribution < -0.4 is 5.73 Å². The fourth-order valence-electron chi connectivity index (χ4n) is 4.16. The molecule has 0 saturated heterocycles. The highest BCUT2D eigenvalue weighted by Crippen LogP contribution is 2.47. The first-order valence-electron chi connectivity index (χ1n) is 10.2. The van der Waals surface area contributed by atoms with Gasteiger partial charge in [0.2, 0.25) is 5.91 Å². The zero-order valence-electron chi connectivity index (χ0n) is 17.0. The number of rotatable bonds is 5. The average molecular weight is 401 g/mol. The van der Waals surface area contributed by atoms with Crippen LogP contribution in [0.5, 0.6) is 0 Å². The number of fused-ring (bicyclic) bond motifs is 3. The van der Waals surface area contributed by atoms with E-state index in [9.17, 15) is 9.90 Å². The molecule has 5 rings (SSSR count). The number of imidazole rings is 1. The molecule has 0 bridgehead atoms. The molecule has 0 spiro atoms. The number of aliphatic hydroxyl groups is 1. The molecular weight excluding hydrogens is 378 g/mol. The van der Waals surface area contributed by atoms with Crippen LogP contribution in [0.1, 0.15) is 49.2 Å². The first-order valence-corrected chi connectivity index (χ1v) is 10.2. The summed E-state index contributed by atoms with van der Waals surface area (Å²) in [6, 6.07) is 5.94. The summed E-state index contributed by atoms with van der Waals surface area (Å²) in [7, 11) is 0. The molecule has 1 fully saturated rings. The molecule has 4 aromatic rings. The first-order chi connectivity index (χ1) is 14.4. The lowest BCUT2D eigenvalue weighted by Gasteiger charge is -2.15. The van der Waals surface area contributed by atoms with Gasteiger partial charge in [-0.25, -0.2) is 4.98 Å². The van der Waals surface area contributed by atoms with Crippen molar-refractivity contribution in [1.29, 1.82) is 0 Å². The predicted molar refractivity (Wildman–Crippen MR) is 114 cm³/mol. The zero-order chi connectivity index (χ0) is 21.0. The Labute approximate surface area is 173 Å². The molecule has 7 heteroatoms. The van der Waals surface area contributed by atoms with Gasteiger partial charge in [0.1, 0.15) is 5.65 Å². The number of carbonyl (C=O) groups excluding carboxylic acids is 1. The van der Waals surface area contributed by atoms with Gasteiger partial charge in [0, 0.05) is 41.3 Å². The number of aliphatic hydroxyl groups excluding tert-OH is 1. The summed E-state index contributed by atoms with van der Waals surface area (Å²) in [4.78, 5) is 25.6. The highest BCUT2D eigenvalue weighted by molar-refractivity contribution is 5.94. The van der Waals surface area contributed by atoms with E-state index in [1.165, 1.54) is 0 Å². The summed E-state index contributed by atoms with van der Waals surface area (Å²) < 4.78 is 2.02. The number of pyridine rings is 3. The quantitative estimate of drug-likeness (QED) is 0.534. The van der Waals surface area contributed by atoms with Crippen molar-refractivity contribution in [1.82, 2.24) is 19.4 Å². The van der Waals surface area contributed by atoms with Crippen LogP contribution in [0.2, 0.25) is 0 Å². The van der Waals surface area contributed by atoms with Gasteiger partial charge in [-0.3, -0.25) is 19.2 Å². The monoisotopic (exact) mass is 401 g/mol. The minimum absolute atomic E-state index is 0.316. The van der Waals surface area contributed by atoms with E-state index in [0.29, 0.717) is 12.1 Å². The number of hydrogen-bond acceptors (Lipinski definition) is 5. The second-order valence-electron chi connectivity index (χ2n) is 8.10. The number of amides is 1. The summed E-state index contributed by atoms with van der Waals surface area (Å²) in [5.41, 5.74) is 11.1. The number of aryl methyl sites for hydroxylation is 1. The summed E-state index contributed by atoms with van der Waals surface area (Å²) in [5.74, 6) is -0.316. The largest absolute Gasteiger partial charge is 0.387 e. The maximum absolute atomic E-state index is 11.9. The average Bonchev–Trinajstić information content (AvgIpc) is 3.42. The summed E-state index contributed by atoms with van der Waals surface area (Å²) in [6.45, 7) is 3.94. The van der Waals surface area contributed by atoms with Crippen LogP contribution in [0.25, 0.3) is 27.7 Å². The van der Waals surface area contributed by atoms with Gasteiger partial charge in [-0.15, -0.1) is 0 Å². The van der Waals surface area contributed by atoms with Gasteiger partial charge in [-0.1, -0.05) is 6.92 Å². The lowest BCUT2D eigenvalue weighted by Crippen LogP contribution is -2.29. The van der Waals surface area contributed by atoms with Gasteiger partial charge in [-0.05, 0) is 49.9 Å². The molecule has 1 atom stereocenters. The molecule has 0 aromatic carbocycles. The summed E-state index contributed by atoms with van der Waals surface area (Å²) in [5, 5.41) is 11.1. The number of primary amides is 1. The van der Waals surface area contributed by atoms with Crippen LogP contribution in [0.4, 0.5) is 0 Å². The number of aromatic nitrogens is 4. The lowest BCUT2D eigenvalue weighted by atomic mass is 9.98. The van der Waals surface area contributed by atoms with Gasteiger partial charge >= 0.3 is 0 Å². The van der Waals surface area contributed by atoms with Crippen molar-refractivity contribution in [2.24, 2.45) is 5.73 Å². The van der Waals surface area contributed by atoms with Crippen molar-refractivity contribution in [3.63, 3.8) is 0 Å². The Balaban J connectivity index is 1.69. The van der Waals surface area contributed by atoms with Crippen molar-refractivity contribution in [2.45, 2.75) is 44.6 Å². The van der Waals surface area contributed by atoms with Crippen molar-refractivity contribution >= 4 is 22.5 Å². The van der Waals surface area contributed by atoms with E-state index in [2.05, 4.69) is 21.0 Å². The maximum Gasteiger partial charge on any atom is 0.229 e. The second kappa shape index (κ2) is 6.60. The number of nitrogens with zero attached hydrogens (tertiary/aromatic N) is 4. The smallest absolute Gasteiger partial charge is 0.229 e. The van der Waals surface area contributed by atoms with Gasteiger partial charge in [-0.2, -0.15) is 0 Å². The molecule has 7 nitrogen and oxygen atoms in total. The van der Waals surface area contributed by atoms with Gasteiger partial charge in [0.25, 0.3) is 0 Å². The van der Waals surface area contributed by atoms with Crippen molar-refractivity contribution in [3.05, 3.63) is 59.9 Å². The van der Waals surface area contributed by atoms with E-state index in [4.69, 9.17) is 5.73 Å². The molecule has 1 unspecified atom stereocenters. The van der Waals surface area contributed by atoms with Gasteiger partial charge < -0.3 is 10.8 Å². The molecule has 1 aliphatic carbocycles. The lowest BCUT2D eigenvalue weighted by molar-refractivity contribution is -0.120. The van der Waals surface area contributed by atoms with Crippen molar-refractivity contribution < 1.29 is 9.90 Å². The number of carbonyl (C=O) groups is 1. The van der Waals surface area contributed by atoms with Gasteiger partial charge in [0.05, 0.1) is 28.4 Å². The standard InChI is InChI=1S/C23H23N5O2/c1-3-19(29)17-8-13(2)16(12-26-17)15-9-14-11-27-20(23(4-5-23)22(24)30)10-18(14)28-7-6-25-21(15)28/h6-12,19,29H,3-5H2,1-2H3,(H2,24,30). The highest BCUT2D eigenvalue weighted by atomic mass is 16.3. The van der Waals surface area contributed by atoms with Crippen LogP contribution >= 0.6 is 0 Å². The van der Waals surface area contributed by atoms with Crippen LogP contribution in [0.15, 0.2) is 43.0 Å². The molecule has 0 aliphatic heterocycles. The molecule has 3 N–H and O–H groups in total. The fourth-order valence-corrected chi connectivity index (χ4v) is 4.16. The maximum atomic E-state index is 11.9. The molecule has 1 aliphatic rings. The van der Waals surface area contributed by atoms with E-state index >= 15 is 0 Å². The normalized spacial score (nSPS) is 16.1. The van der Waals surface area contributed by atoms with Crippen molar-refractivity contribution in [2.75, 3.05) is 0 Å². The molecule has 0 radical (unpaired) electrons. The Hall–Kier alpha value is -3.32. The number of hydrogen-bond donors (Lipinski definition) is 2. The van der Waals surface area contributed by atoms with Crippen molar-refractivity contribution in [3.8, 4) is 11.1 Å². The topological polar surface area (TPSA) is 106 Å². The molecular formula is C23H23N5O2. The number of nitrogens with two attached hydrogens (primary N) is 1. The molecule has 4 heterocycles. The van der Waals surface area contributed by atoms with Crippen LogP contribution in [-0.4, -0.2) is 30.4 Å². The van der Waals surface area contributed by atoms with E-state index in [1.807, 2.05) is 36.6 Å². The third kappa shape index (κ3) is 2.69. The van der Waals surface area contributed by atoms with E-state index < -0.39 is 11.5 Å². The molecule has 30 heavy (non-hydrogen) atoms. The van der Waals surface area contributed by atoms with Crippen LogP contribution in [-0.2, 0) is 10.2 Å². The molecule has 1 saturated carbocycles. The van der Waals surface area contributed by atoms with Gasteiger partial charge in [0.15, 0.2) is 0 Å². The fraction of sp³-hybridized carbons (Fsp3) is 0.304. The Bertz CT molecular complexity index is 1310. The first kappa shape index (κ1) is 18.7. The van der Waals surface area contributed by atoms with Crippen LogP contribution in [0, 0.1) is 6.92 Å². The molecule has 1 amide bonds. The third-order valence-electron chi connectivity index (χ3n) is 6.22. The third-order valence-corrected chi connectivity index (χ3v) is 6.22. The zero-order valence-corrected chi connectivity index (χ0v) is 17.0. The summed E-state index contributed by atoms with van der Waals surface area (Å²) in [6.07, 6.45) is 8.81. The van der Waals surface area contributed by atoms with Crippen LogP contribution in [0.3, 0.4) is 0 Å². The predicted octanol–water partition coefficient (Wildman–Crippen LogP) is 3.21. The highest BCUT2D eigenvalue weighted by Gasteiger charge is 2.51. The molecule has 152 valence electrons.